The number of halogens is 26. The van der Waals surface area contributed by atoms with E-state index in [-0.39, 0.29) is 71.5 Å². The number of nitrogens with two attached hydrogens (primary N) is 1. The summed E-state index contributed by atoms with van der Waals surface area (Å²) in [4.78, 5) is 9.79. The second kappa shape index (κ2) is 28.2. The number of phosphoric ester groups is 1. The van der Waals surface area contributed by atoms with Gasteiger partial charge in [0.1, 0.15) is 6.10 Å². The van der Waals surface area contributed by atoms with Crippen LogP contribution in [0.1, 0.15) is 128 Å². The Balaban J connectivity index is 4.66. The molecule has 440 valence electrons. The first kappa shape index (κ1) is 71.2. The first-order valence-corrected chi connectivity index (χ1v) is 23.8. The summed E-state index contributed by atoms with van der Waals surface area (Å²) in [6.07, 6.45) is -17.6. The standard InChI is InChI=1S/C39H56F26NO6P/c40-28(41,30(44,45)32(48,49)34(52,53)36(56,57)38(60,61)62)19-15-11-7-3-1-5-9-13-17-22-69-25-27(26-72-73(67,68)71-24-21-66)70-23-18-14-10-6-2-4-8-12-16-20-29(42,43)31(46,47)33(50,51)35(54,55)37(58,59)39(63,64)65/h27H,1-26,66H2,(H,67,68). The lowest BCUT2D eigenvalue weighted by Gasteiger charge is -2.39. The Hall–Kier alpha value is -1.83. The summed E-state index contributed by atoms with van der Waals surface area (Å²) >= 11 is 0. The predicted molar refractivity (Wildman–Crippen MR) is 205 cm³/mol. The third kappa shape index (κ3) is 18.7. The van der Waals surface area contributed by atoms with Crippen molar-refractivity contribution in [3.63, 3.8) is 0 Å². The Morgan fingerprint density at radius 1 is 0.356 bits per heavy atom. The van der Waals surface area contributed by atoms with E-state index in [1.807, 2.05) is 0 Å². The normalized spacial score (nSPS) is 16.1. The third-order valence-corrected chi connectivity index (χ3v) is 11.8. The molecule has 0 rings (SSSR count). The van der Waals surface area contributed by atoms with Gasteiger partial charge in [0.15, 0.2) is 0 Å². The molecule has 0 amide bonds. The summed E-state index contributed by atoms with van der Waals surface area (Å²) in [5.41, 5.74) is 5.23. The maximum absolute atomic E-state index is 13.9. The summed E-state index contributed by atoms with van der Waals surface area (Å²) in [5.74, 6) is -73.9. The maximum atomic E-state index is 13.9. The largest absolute Gasteiger partial charge is 0.472 e. The van der Waals surface area contributed by atoms with E-state index in [2.05, 4.69) is 4.52 Å². The molecule has 0 aliphatic carbocycles. The van der Waals surface area contributed by atoms with Crippen LogP contribution < -0.4 is 5.73 Å². The van der Waals surface area contributed by atoms with Gasteiger partial charge in [0.05, 0.1) is 19.8 Å². The molecule has 0 saturated heterocycles. The van der Waals surface area contributed by atoms with Crippen LogP contribution in [0.3, 0.4) is 0 Å². The Bertz CT molecular complexity index is 1620. The van der Waals surface area contributed by atoms with Crippen molar-refractivity contribution < 1.29 is 142 Å². The van der Waals surface area contributed by atoms with E-state index < -0.39 is 118 Å². The molecule has 0 aromatic carbocycles. The molecule has 0 bridgehead atoms. The summed E-state index contributed by atoms with van der Waals surface area (Å²) in [6, 6.07) is 0. The van der Waals surface area contributed by atoms with Gasteiger partial charge < -0.3 is 20.1 Å². The van der Waals surface area contributed by atoms with Gasteiger partial charge in [-0.1, -0.05) is 89.9 Å². The highest BCUT2D eigenvalue weighted by molar-refractivity contribution is 7.47. The van der Waals surface area contributed by atoms with Crippen LogP contribution in [0.2, 0.25) is 0 Å². The van der Waals surface area contributed by atoms with Crippen molar-refractivity contribution >= 4 is 7.82 Å². The summed E-state index contributed by atoms with van der Waals surface area (Å²) in [7, 11) is -4.55. The van der Waals surface area contributed by atoms with Crippen molar-refractivity contribution in [2.24, 2.45) is 5.73 Å². The van der Waals surface area contributed by atoms with Crippen molar-refractivity contribution in [1.82, 2.24) is 0 Å². The lowest BCUT2D eigenvalue weighted by Crippen LogP contribution is -2.70. The van der Waals surface area contributed by atoms with E-state index in [1.165, 1.54) is 0 Å². The molecule has 0 fully saturated rings. The molecule has 0 aliphatic heterocycles. The Morgan fingerprint density at radius 3 is 0.959 bits per heavy atom. The van der Waals surface area contributed by atoms with E-state index >= 15 is 0 Å². The van der Waals surface area contributed by atoms with Gasteiger partial charge >= 0.3 is 79.4 Å². The highest BCUT2D eigenvalue weighted by Gasteiger charge is 2.92. The number of ether oxygens (including phenoxy) is 2. The zero-order valence-corrected chi connectivity index (χ0v) is 39.2. The first-order valence-electron chi connectivity index (χ1n) is 22.3. The van der Waals surface area contributed by atoms with Crippen LogP contribution in [0, 0.1) is 0 Å². The minimum atomic E-state index is -7.95. The molecule has 0 spiro atoms. The fourth-order valence-electron chi connectivity index (χ4n) is 6.38. The van der Waals surface area contributed by atoms with Gasteiger partial charge in [-0.3, -0.25) is 9.05 Å². The van der Waals surface area contributed by atoms with E-state index in [1.54, 1.807) is 0 Å². The van der Waals surface area contributed by atoms with Gasteiger partial charge in [-0.15, -0.1) is 0 Å². The molecule has 34 heteroatoms. The zero-order valence-electron chi connectivity index (χ0n) is 38.3. The Kier molecular flexibility index (Phi) is 27.5. The summed E-state index contributed by atoms with van der Waals surface area (Å²) in [5, 5.41) is 0. The zero-order chi connectivity index (χ0) is 57.3. The van der Waals surface area contributed by atoms with Crippen molar-refractivity contribution in [1.29, 1.82) is 0 Å². The molecule has 0 aromatic rings. The van der Waals surface area contributed by atoms with Gasteiger partial charge in [0.25, 0.3) is 0 Å². The monoisotopic (exact) mass is 1160 g/mol. The number of hydrogen-bond acceptors (Lipinski definition) is 6. The predicted octanol–water partition coefficient (Wildman–Crippen LogP) is 15.8. The first-order chi connectivity index (χ1) is 32.8. The van der Waals surface area contributed by atoms with E-state index in [0.29, 0.717) is 64.2 Å². The van der Waals surface area contributed by atoms with Crippen LogP contribution in [0.15, 0.2) is 0 Å². The molecule has 73 heavy (non-hydrogen) atoms. The highest BCUT2D eigenvalue weighted by atomic mass is 31.2. The topological polar surface area (TPSA) is 100 Å². The molecule has 0 aromatic heterocycles. The molecule has 7 nitrogen and oxygen atoms in total. The number of alkyl halides is 26. The lowest BCUT2D eigenvalue weighted by atomic mass is 9.91. The molecule has 2 atom stereocenters. The summed E-state index contributed by atoms with van der Waals surface area (Å²) in [6.45, 7) is -0.913. The smallest absolute Gasteiger partial charge is 0.379 e. The number of hydrogen-bond donors (Lipinski definition) is 2. The van der Waals surface area contributed by atoms with Gasteiger partial charge in [-0.2, -0.15) is 114 Å². The number of phosphoric acid groups is 1. The SMILES string of the molecule is NCCOP(=O)(O)OCC(COCCCCCCCCCCCC(F)(F)C(F)(F)C(F)(F)C(F)(F)C(F)(F)C(F)(F)F)OCCCCCCCCCCCC(F)(F)C(F)(F)C(F)(F)C(F)(F)C(F)(F)C(F)(F)F. The Morgan fingerprint density at radius 2 is 0.644 bits per heavy atom. The second-order valence-corrected chi connectivity index (χ2v) is 18.3. The molecule has 0 aliphatic rings. The fraction of sp³-hybridized carbons (Fsp3) is 1.00. The van der Waals surface area contributed by atoms with Crippen LogP contribution in [0.4, 0.5) is 114 Å². The number of unbranched alkanes of at least 4 members (excludes halogenated alkanes) is 16. The van der Waals surface area contributed by atoms with Crippen molar-refractivity contribution in [3.05, 3.63) is 0 Å². The van der Waals surface area contributed by atoms with Gasteiger partial charge in [0, 0.05) is 32.6 Å². The molecule has 3 N–H and O–H groups in total. The Labute approximate surface area is 401 Å². The highest BCUT2D eigenvalue weighted by Crippen LogP contribution is 2.62. The van der Waals surface area contributed by atoms with Crippen LogP contribution in [0.5, 0.6) is 0 Å². The van der Waals surface area contributed by atoms with Crippen molar-refractivity contribution in [3.8, 4) is 0 Å². The number of rotatable bonds is 41. The van der Waals surface area contributed by atoms with E-state index in [4.69, 9.17) is 19.7 Å². The van der Waals surface area contributed by atoms with Gasteiger partial charge in [-0.25, -0.2) is 4.57 Å². The fourth-order valence-corrected chi connectivity index (χ4v) is 7.15. The molecule has 0 saturated carbocycles. The average Bonchev–Trinajstić information content (AvgIpc) is 3.24. The average molecular weight is 1160 g/mol. The van der Waals surface area contributed by atoms with E-state index in [0.717, 1.165) is 0 Å². The molecule has 0 radical (unpaired) electrons. The van der Waals surface area contributed by atoms with Crippen LogP contribution in [-0.4, -0.2) is 122 Å². The minimum Gasteiger partial charge on any atom is -0.379 e. The van der Waals surface area contributed by atoms with Crippen molar-refractivity contribution in [2.45, 2.75) is 206 Å². The van der Waals surface area contributed by atoms with Crippen molar-refractivity contribution in [2.75, 3.05) is 39.6 Å². The quantitative estimate of drug-likeness (QED) is 0.0357. The van der Waals surface area contributed by atoms with Crippen LogP contribution >= 0.6 is 7.82 Å². The second-order valence-electron chi connectivity index (χ2n) is 16.8. The maximum Gasteiger partial charge on any atom is 0.472 e. The van der Waals surface area contributed by atoms with Gasteiger partial charge in [0.2, 0.25) is 0 Å². The van der Waals surface area contributed by atoms with E-state index in [9.17, 15) is 124 Å². The molecule has 0 heterocycles. The third-order valence-electron chi connectivity index (χ3n) is 10.9. The summed E-state index contributed by atoms with van der Waals surface area (Å²) < 4.78 is 377. The molecule has 2 unspecified atom stereocenters. The minimum absolute atomic E-state index is 0.0244. The molecular formula is C39H56F26NO6P. The van der Waals surface area contributed by atoms with Gasteiger partial charge in [-0.05, 0) is 25.7 Å². The van der Waals surface area contributed by atoms with Crippen LogP contribution in [0.25, 0.3) is 0 Å². The molecular weight excluding hydrogens is 1100 g/mol. The van der Waals surface area contributed by atoms with Crippen LogP contribution in [-0.2, 0) is 23.1 Å². The lowest BCUT2D eigenvalue weighted by molar-refractivity contribution is -0.440.